The molecule has 0 saturated carbocycles. The summed E-state index contributed by atoms with van der Waals surface area (Å²) in [6.45, 7) is 0. The SMILES string of the molecule is O=C(O)c1ccc(NNC(=C2C=CC(=[N+]([O-])[O-])C=C2)c2ccccc2)cc1. The van der Waals surface area contributed by atoms with E-state index in [1.165, 1.54) is 24.3 Å². The molecular weight excluding hydrogens is 346 g/mol. The Morgan fingerprint density at radius 2 is 1.48 bits per heavy atom. The van der Waals surface area contributed by atoms with E-state index in [4.69, 9.17) is 5.11 Å². The highest BCUT2D eigenvalue weighted by Gasteiger charge is 2.10. The Morgan fingerprint density at radius 3 is 2.04 bits per heavy atom. The van der Waals surface area contributed by atoms with Gasteiger partial charge in [-0.1, -0.05) is 30.3 Å². The fourth-order valence-corrected chi connectivity index (χ4v) is 2.50. The number of aromatic carboxylic acids is 1. The normalized spacial score (nSPS) is 12.6. The minimum absolute atomic E-state index is 0.0170. The van der Waals surface area contributed by atoms with E-state index in [-0.39, 0.29) is 11.3 Å². The van der Waals surface area contributed by atoms with Crippen LogP contribution in [0.2, 0.25) is 0 Å². The number of hydrogen-bond acceptors (Lipinski definition) is 5. The molecule has 0 heterocycles. The van der Waals surface area contributed by atoms with Crippen LogP contribution >= 0.6 is 0 Å². The van der Waals surface area contributed by atoms with Crippen LogP contribution in [0.3, 0.4) is 0 Å². The molecule has 27 heavy (non-hydrogen) atoms. The van der Waals surface area contributed by atoms with Crippen molar-refractivity contribution >= 4 is 23.1 Å². The van der Waals surface area contributed by atoms with E-state index in [1.807, 2.05) is 30.3 Å². The van der Waals surface area contributed by atoms with Crippen LogP contribution in [0.4, 0.5) is 5.69 Å². The van der Waals surface area contributed by atoms with Gasteiger partial charge in [0.05, 0.1) is 16.9 Å². The minimum atomic E-state index is -0.989. The Labute approximate surface area is 155 Å². The molecule has 2 aromatic rings. The maximum Gasteiger partial charge on any atom is 0.335 e. The van der Waals surface area contributed by atoms with Gasteiger partial charge in [-0.15, -0.1) is 0 Å². The van der Waals surface area contributed by atoms with E-state index in [9.17, 15) is 15.2 Å². The number of anilines is 1. The molecule has 0 radical (unpaired) electrons. The maximum absolute atomic E-state index is 10.9. The fourth-order valence-electron chi connectivity index (χ4n) is 2.50. The van der Waals surface area contributed by atoms with Crippen LogP contribution in [0.5, 0.6) is 0 Å². The third kappa shape index (κ3) is 4.35. The molecule has 0 saturated heterocycles. The number of hydrazine groups is 1. The van der Waals surface area contributed by atoms with Gasteiger partial charge in [-0.2, -0.15) is 4.90 Å². The molecule has 7 nitrogen and oxygen atoms in total. The van der Waals surface area contributed by atoms with Crippen molar-refractivity contribution in [1.82, 2.24) is 5.43 Å². The monoisotopic (exact) mass is 362 g/mol. The summed E-state index contributed by atoms with van der Waals surface area (Å²) in [5.41, 5.74) is 9.42. The van der Waals surface area contributed by atoms with Crippen molar-refractivity contribution in [3.63, 3.8) is 0 Å². The predicted octanol–water partition coefficient (Wildman–Crippen LogP) is 3.29. The first-order chi connectivity index (χ1) is 13.0. The number of carbonyl (C=O) groups is 1. The van der Waals surface area contributed by atoms with E-state index in [0.29, 0.717) is 5.69 Å². The largest absolute Gasteiger partial charge is 0.612 e. The molecule has 3 N–H and O–H groups in total. The lowest BCUT2D eigenvalue weighted by Crippen LogP contribution is -2.21. The third-order valence-corrected chi connectivity index (χ3v) is 3.89. The van der Waals surface area contributed by atoms with Gasteiger partial charge in [-0.25, -0.2) is 4.79 Å². The molecule has 0 spiro atoms. The average molecular weight is 362 g/mol. The highest BCUT2D eigenvalue weighted by Crippen LogP contribution is 2.21. The highest BCUT2D eigenvalue weighted by atomic mass is 16.8. The number of benzene rings is 2. The van der Waals surface area contributed by atoms with Crippen molar-refractivity contribution in [1.29, 1.82) is 0 Å². The summed E-state index contributed by atoms with van der Waals surface area (Å²) < 4.78 is 0. The summed E-state index contributed by atoms with van der Waals surface area (Å²) in [4.78, 5) is 10.5. The molecule has 3 rings (SSSR count). The molecule has 0 bridgehead atoms. The molecule has 0 aromatic heterocycles. The molecule has 2 aromatic carbocycles. The smallest absolute Gasteiger partial charge is 0.335 e. The number of nitrogens with zero attached hydrogens (tertiary/aromatic N) is 1. The van der Waals surface area contributed by atoms with Gasteiger partial charge in [0.25, 0.3) is 0 Å². The Morgan fingerprint density at radius 1 is 0.852 bits per heavy atom. The maximum atomic E-state index is 10.9. The number of allylic oxidation sites excluding steroid dienone is 5. The third-order valence-electron chi connectivity index (χ3n) is 3.89. The molecule has 1 aliphatic rings. The Hall–Kier alpha value is -4.00. The van der Waals surface area contributed by atoms with E-state index in [0.717, 1.165) is 16.8 Å². The lowest BCUT2D eigenvalue weighted by atomic mass is 10.0. The Kier molecular flexibility index (Phi) is 5.22. The molecular formula is C20H16N3O4-. The number of carboxylic acids is 1. The van der Waals surface area contributed by atoms with E-state index < -0.39 is 10.9 Å². The summed E-state index contributed by atoms with van der Waals surface area (Å²) in [6.07, 6.45) is 6.23. The van der Waals surface area contributed by atoms with E-state index in [2.05, 4.69) is 10.9 Å². The summed E-state index contributed by atoms with van der Waals surface area (Å²) in [7, 11) is 0. The standard InChI is InChI=1S/C20H16N3O4/c24-20(25)16-6-10-17(11-7-16)21-22-19(14-4-2-1-3-5-14)15-8-12-18(13-9-15)23(26)27/h1-13,21-22H,(H-,24,25,26,27)/q-1. The van der Waals surface area contributed by atoms with Crippen molar-refractivity contribution in [2.24, 2.45) is 0 Å². The van der Waals surface area contributed by atoms with Gasteiger partial charge < -0.3 is 20.9 Å². The van der Waals surface area contributed by atoms with Crippen molar-refractivity contribution in [2.75, 3.05) is 5.43 Å². The summed E-state index contributed by atoms with van der Waals surface area (Å²) in [5.74, 6) is -0.989. The molecule has 1 aliphatic carbocycles. The second-order valence-corrected chi connectivity index (χ2v) is 5.68. The van der Waals surface area contributed by atoms with E-state index in [1.54, 1.807) is 24.3 Å². The van der Waals surface area contributed by atoms with Crippen LogP contribution < -0.4 is 10.9 Å². The van der Waals surface area contributed by atoms with Crippen LogP contribution in [0.15, 0.2) is 84.5 Å². The van der Waals surface area contributed by atoms with Crippen molar-refractivity contribution in [3.8, 4) is 0 Å². The van der Waals surface area contributed by atoms with Crippen LogP contribution in [-0.4, -0.2) is 21.7 Å². The van der Waals surface area contributed by atoms with Gasteiger partial charge in [0, 0.05) is 17.7 Å². The van der Waals surface area contributed by atoms with Gasteiger partial charge in [0.15, 0.2) is 0 Å². The molecule has 0 fully saturated rings. The number of rotatable bonds is 5. The lowest BCUT2D eigenvalue weighted by molar-refractivity contribution is -0.377. The zero-order chi connectivity index (χ0) is 19.2. The van der Waals surface area contributed by atoms with Gasteiger partial charge in [0.2, 0.25) is 5.71 Å². The van der Waals surface area contributed by atoms with Gasteiger partial charge >= 0.3 is 5.97 Å². The predicted molar refractivity (Wildman–Crippen MR) is 104 cm³/mol. The van der Waals surface area contributed by atoms with Crippen molar-refractivity contribution in [3.05, 3.63) is 106 Å². The van der Waals surface area contributed by atoms with Crippen LogP contribution in [0.25, 0.3) is 5.70 Å². The minimum Gasteiger partial charge on any atom is -0.612 e. The first-order valence-corrected chi connectivity index (χ1v) is 8.07. The van der Waals surface area contributed by atoms with Crippen LogP contribution in [0.1, 0.15) is 15.9 Å². The summed E-state index contributed by atoms with van der Waals surface area (Å²) >= 11 is 0. The molecule has 7 heteroatoms. The second-order valence-electron chi connectivity index (χ2n) is 5.68. The summed E-state index contributed by atoms with van der Waals surface area (Å²) in [6, 6.07) is 15.8. The molecule has 0 amide bonds. The Bertz CT molecular complexity index is 936. The van der Waals surface area contributed by atoms with Gasteiger partial charge in [0.1, 0.15) is 0 Å². The first-order valence-electron chi connectivity index (χ1n) is 8.07. The first kappa shape index (κ1) is 17.8. The topological polar surface area (TPSA) is 110 Å². The summed E-state index contributed by atoms with van der Waals surface area (Å²) in [5, 5.41) is 30.7. The number of carboxylic acid groups (broad SMARTS) is 1. The molecule has 0 aliphatic heterocycles. The van der Waals surface area contributed by atoms with Gasteiger partial charge in [-0.3, -0.25) is 5.43 Å². The quantitative estimate of drug-likeness (QED) is 0.556. The zero-order valence-corrected chi connectivity index (χ0v) is 14.1. The highest BCUT2D eigenvalue weighted by molar-refractivity contribution is 6.03. The Balaban J connectivity index is 1.87. The zero-order valence-electron chi connectivity index (χ0n) is 14.1. The van der Waals surface area contributed by atoms with Crippen LogP contribution in [0, 0.1) is 10.4 Å². The molecule has 0 atom stereocenters. The van der Waals surface area contributed by atoms with E-state index >= 15 is 0 Å². The number of nitrogens with one attached hydrogen (secondary N) is 2. The fraction of sp³-hybridized carbons (Fsp3) is 0. The van der Waals surface area contributed by atoms with Gasteiger partial charge in [-0.05, 0) is 42.0 Å². The molecule has 0 unspecified atom stereocenters. The van der Waals surface area contributed by atoms with Crippen LogP contribution in [-0.2, 0) is 0 Å². The van der Waals surface area contributed by atoms with Crippen molar-refractivity contribution in [2.45, 2.75) is 0 Å². The molecule has 136 valence electrons. The lowest BCUT2D eigenvalue weighted by Gasteiger charge is -2.17. The van der Waals surface area contributed by atoms with Crippen molar-refractivity contribution < 1.29 is 14.8 Å². The average Bonchev–Trinajstić information content (AvgIpc) is 2.69. The second kappa shape index (κ2) is 7.92. The number of hydrogen-bond donors (Lipinski definition) is 3.